The summed E-state index contributed by atoms with van der Waals surface area (Å²) in [6.07, 6.45) is 7.46. The van der Waals surface area contributed by atoms with Crippen LogP contribution in [0.3, 0.4) is 0 Å². The van der Waals surface area contributed by atoms with Gasteiger partial charge in [0, 0.05) is 12.8 Å². The maximum absolute atomic E-state index is 10.6. The first-order valence-electron chi connectivity index (χ1n) is 6.50. The molecule has 0 bridgehead atoms. The van der Waals surface area contributed by atoms with Gasteiger partial charge in [-0.05, 0) is 18.6 Å². The summed E-state index contributed by atoms with van der Waals surface area (Å²) in [4.78, 5) is 14.7. The lowest BCUT2D eigenvalue weighted by Crippen LogP contribution is -2.01. The van der Waals surface area contributed by atoms with Crippen LogP contribution in [0.15, 0.2) is 18.3 Å². The smallest absolute Gasteiger partial charge is 0.337 e. The van der Waals surface area contributed by atoms with Gasteiger partial charge < -0.3 is 9.84 Å². The molecule has 0 saturated carbocycles. The van der Waals surface area contributed by atoms with Gasteiger partial charge in [-0.2, -0.15) is 0 Å². The summed E-state index contributed by atoms with van der Waals surface area (Å²) in [5.74, 6) is -0.953. The Morgan fingerprint density at radius 2 is 2.06 bits per heavy atom. The molecule has 0 aliphatic rings. The van der Waals surface area contributed by atoms with Gasteiger partial charge in [0.25, 0.3) is 0 Å². The molecule has 18 heavy (non-hydrogen) atoms. The zero-order chi connectivity index (χ0) is 13.2. The molecule has 0 aliphatic carbocycles. The summed E-state index contributed by atoms with van der Waals surface area (Å²) in [6, 6.07) is 3.25. The number of hydrogen-bond donors (Lipinski definition) is 1. The number of aromatic nitrogens is 1. The first kappa shape index (κ1) is 14.6. The topological polar surface area (TPSA) is 59.4 Å². The Kier molecular flexibility index (Phi) is 7.03. The van der Waals surface area contributed by atoms with Gasteiger partial charge in [0.15, 0.2) is 0 Å². The second kappa shape index (κ2) is 8.64. The number of carboxylic acid groups (broad SMARTS) is 1. The second-order valence-corrected chi connectivity index (χ2v) is 4.31. The molecule has 0 unspecified atom stereocenters. The largest absolute Gasteiger partial charge is 0.478 e. The van der Waals surface area contributed by atoms with Gasteiger partial charge in [-0.15, -0.1) is 0 Å². The minimum atomic E-state index is -0.953. The van der Waals surface area contributed by atoms with Crippen LogP contribution in [0, 0.1) is 0 Å². The molecule has 0 atom stereocenters. The fourth-order valence-corrected chi connectivity index (χ4v) is 1.62. The first-order valence-corrected chi connectivity index (χ1v) is 6.50. The van der Waals surface area contributed by atoms with Crippen molar-refractivity contribution in [1.29, 1.82) is 0 Å². The van der Waals surface area contributed by atoms with Crippen molar-refractivity contribution >= 4 is 5.97 Å². The van der Waals surface area contributed by atoms with Gasteiger partial charge in [-0.3, -0.25) is 4.98 Å². The molecule has 4 heteroatoms. The fourth-order valence-electron chi connectivity index (χ4n) is 1.62. The molecule has 1 aromatic rings. The zero-order valence-corrected chi connectivity index (χ0v) is 10.9. The maximum Gasteiger partial charge on any atom is 0.337 e. The molecule has 1 N–H and O–H groups in total. The van der Waals surface area contributed by atoms with E-state index >= 15 is 0 Å². The van der Waals surface area contributed by atoms with Gasteiger partial charge in [0.1, 0.15) is 0 Å². The third-order valence-electron chi connectivity index (χ3n) is 2.71. The third kappa shape index (κ3) is 5.77. The minimum absolute atomic E-state index is 0.207. The molecule has 1 aromatic heterocycles. The Morgan fingerprint density at radius 1 is 1.28 bits per heavy atom. The second-order valence-electron chi connectivity index (χ2n) is 4.31. The van der Waals surface area contributed by atoms with Gasteiger partial charge >= 0.3 is 5.97 Å². The molecule has 4 nitrogen and oxygen atoms in total. The molecule has 0 spiro atoms. The van der Waals surface area contributed by atoms with Gasteiger partial charge in [0.2, 0.25) is 0 Å². The molecule has 0 fully saturated rings. The average Bonchev–Trinajstić information content (AvgIpc) is 2.38. The molecule has 0 radical (unpaired) electrons. The minimum Gasteiger partial charge on any atom is -0.478 e. The zero-order valence-electron chi connectivity index (χ0n) is 10.9. The molecule has 0 saturated heterocycles. The maximum atomic E-state index is 10.6. The van der Waals surface area contributed by atoms with Crippen molar-refractivity contribution in [3.05, 3.63) is 29.6 Å². The molecule has 1 rings (SSSR count). The molecule has 0 amide bonds. The molecule has 100 valence electrons. The van der Waals surface area contributed by atoms with Crippen molar-refractivity contribution in [1.82, 2.24) is 4.98 Å². The van der Waals surface area contributed by atoms with E-state index in [4.69, 9.17) is 9.84 Å². The van der Waals surface area contributed by atoms with E-state index < -0.39 is 5.97 Å². The highest BCUT2D eigenvalue weighted by Gasteiger charge is 2.02. The highest BCUT2D eigenvalue weighted by Crippen LogP contribution is 2.05. The number of aromatic carboxylic acids is 1. The van der Waals surface area contributed by atoms with E-state index in [1.165, 1.54) is 31.9 Å². The first-order chi connectivity index (χ1) is 8.74. The Bertz CT molecular complexity index is 349. The van der Waals surface area contributed by atoms with E-state index in [1.54, 1.807) is 12.1 Å². The van der Waals surface area contributed by atoms with Crippen LogP contribution in [0.25, 0.3) is 0 Å². The molecule has 0 aliphatic heterocycles. The van der Waals surface area contributed by atoms with Crippen LogP contribution in [0.4, 0.5) is 0 Å². The molecular weight excluding hydrogens is 230 g/mol. The van der Waals surface area contributed by atoms with Gasteiger partial charge in [0.05, 0.1) is 17.9 Å². The lowest BCUT2D eigenvalue weighted by molar-refractivity contribution is 0.0696. The van der Waals surface area contributed by atoms with Crippen molar-refractivity contribution < 1.29 is 14.6 Å². The summed E-state index contributed by atoms with van der Waals surface area (Å²) in [6.45, 7) is 3.39. The highest BCUT2D eigenvalue weighted by atomic mass is 16.5. The SMILES string of the molecule is CCCCCCCOCc1ccc(C(=O)O)cn1. The van der Waals surface area contributed by atoms with Crippen molar-refractivity contribution in [3.63, 3.8) is 0 Å². The molecule has 1 heterocycles. The van der Waals surface area contributed by atoms with Crippen LogP contribution in [0.5, 0.6) is 0 Å². The monoisotopic (exact) mass is 251 g/mol. The van der Waals surface area contributed by atoms with Crippen LogP contribution in [0.2, 0.25) is 0 Å². The number of hydrogen-bond acceptors (Lipinski definition) is 3. The van der Waals surface area contributed by atoms with E-state index in [1.807, 2.05) is 0 Å². The standard InChI is InChI=1S/C14H21NO3/c1-2-3-4-5-6-9-18-11-13-8-7-12(10-15-13)14(16)17/h7-8,10H,2-6,9,11H2,1H3,(H,16,17). The number of nitrogens with zero attached hydrogens (tertiary/aromatic N) is 1. The average molecular weight is 251 g/mol. The number of carbonyl (C=O) groups is 1. The normalized spacial score (nSPS) is 10.5. The number of unbranched alkanes of at least 4 members (excludes halogenated alkanes) is 4. The van der Waals surface area contributed by atoms with Crippen molar-refractivity contribution in [2.75, 3.05) is 6.61 Å². The number of carboxylic acids is 1. The highest BCUT2D eigenvalue weighted by molar-refractivity contribution is 5.87. The van der Waals surface area contributed by atoms with Crippen LogP contribution >= 0.6 is 0 Å². The lowest BCUT2D eigenvalue weighted by Gasteiger charge is -2.04. The number of ether oxygens (including phenoxy) is 1. The van der Waals surface area contributed by atoms with Crippen molar-refractivity contribution in [3.8, 4) is 0 Å². The van der Waals surface area contributed by atoms with Gasteiger partial charge in [-0.25, -0.2) is 4.79 Å². The van der Waals surface area contributed by atoms with Crippen LogP contribution < -0.4 is 0 Å². The van der Waals surface area contributed by atoms with E-state index in [-0.39, 0.29) is 5.56 Å². The van der Waals surface area contributed by atoms with Crippen molar-refractivity contribution in [2.24, 2.45) is 0 Å². The predicted octanol–water partition coefficient (Wildman–Crippen LogP) is 3.27. The molecular formula is C14H21NO3. The lowest BCUT2D eigenvalue weighted by atomic mass is 10.2. The van der Waals surface area contributed by atoms with Crippen molar-refractivity contribution in [2.45, 2.75) is 45.6 Å². The fraction of sp³-hybridized carbons (Fsp3) is 0.571. The summed E-state index contributed by atoms with van der Waals surface area (Å²) in [7, 11) is 0. The third-order valence-corrected chi connectivity index (χ3v) is 2.71. The van der Waals surface area contributed by atoms with E-state index in [9.17, 15) is 4.79 Å². The summed E-state index contributed by atoms with van der Waals surface area (Å²) >= 11 is 0. The predicted molar refractivity (Wildman–Crippen MR) is 69.6 cm³/mol. The van der Waals surface area contributed by atoms with E-state index in [0.29, 0.717) is 6.61 Å². The molecule has 0 aromatic carbocycles. The number of rotatable bonds is 9. The van der Waals surface area contributed by atoms with Crippen LogP contribution in [-0.4, -0.2) is 22.7 Å². The van der Waals surface area contributed by atoms with Crippen LogP contribution in [0.1, 0.15) is 55.1 Å². The summed E-state index contributed by atoms with van der Waals surface area (Å²) in [5, 5.41) is 8.72. The quantitative estimate of drug-likeness (QED) is 0.684. The Hall–Kier alpha value is -1.42. The van der Waals surface area contributed by atoms with E-state index in [0.717, 1.165) is 18.7 Å². The number of pyridine rings is 1. The Morgan fingerprint density at radius 3 is 2.67 bits per heavy atom. The van der Waals surface area contributed by atoms with Crippen LogP contribution in [-0.2, 0) is 11.3 Å². The van der Waals surface area contributed by atoms with Gasteiger partial charge in [-0.1, -0.05) is 32.6 Å². The summed E-state index contributed by atoms with van der Waals surface area (Å²) < 4.78 is 5.49. The Balaban J connectivity index is 2.14. The summed E-state index contributed by atoms with van der Waals surface area (Å²) in [5.41, 5.74) is 0.979. The Labute approximate surface area is 108 Å². The van der Waals surface area contributed by atoms with E-state index in [2.05, 4.69) is 11.9 Å².